The second-order valence-electron chi connectivity index (χ2n) is 7.78. The molecular weight excluding hydrogens is 316 g/mol. The van der Waals surface area contributed by atoms with E-state index in [2.05, 4.69) is 20.6 Å². The molecule has 6 heteroatoms. The lowest BCUT2D eigenvalue weighted by atomic mass is 9.85. The Balaban J connectivity index is 1.27. The molecule has 6 nitrogen and oxygen atoms in total. The van der Waals surface area contributed by atoms with Crippen molar-refractivity contribution in [3.05, 3.63) is 18.2 Å². The number of hydrogen-bond donors (Lipinski definition) is 0. The summed E-state index contributed by atoms with van der Waals surface area (Å²) in [6.45, 7) is 6.54. The van der Waals surface area contributed by atoms with Crippen molar-refractivity contribution in [3.8, 4) is 0 Å². The minimum Gasteiger partial charge on any atom is -0.378 e. The highest BCUT2D eigenvalue weighted by molar-refractivity contribution is 5.78. The maximum Gasteiger partial charge on any atom is 0.236 e. The summed E-state index contributed by atoms with van der Waals surface area (Å²) in [6, 6.07) is 0. The predicted molar refractivity (Wildman–Crippen MR) is 95.4 cm³/mol. The Bertz CT molecular complexity index is 570. The number of nitrogens with zero attached hydrogens (tertiary/aromatic N) is 4. The van der Waals surface area contributed by atoms with E-state index < -0.39 is 0 Å². The number of amides is 1. The molecule has 1 saturated carbocycles. The van der Waals surface area contributed by atoms with Crippen LogP contribution in [0.3, 0.4) is 0 Å². The molecule has 2 aliphatic heterocycles. The average Bonchev–Trinajstić information content (AvgIpc) is 3.08. The monoisotopic (exact) mass is 346 g/mol. The van der Waals surface area contributed by atoms with Gasteiger partial charge >= 0.3 is 0 Å². The number of hydrogen-bond acceptors (Lipinski definition) is 4. The minimum absolute atomic E-state index is 0.258. The van der Waals surface area contributed by atoms with Crippen LogP contribution in [0, 0.1) is 5.92 Å². The van der Waals surface area contributed by atoms with Gasteiger partial charge in [0.1, 0.15) is 5.82 Å². The molecule has 0 bridgehead atoms. The van der Waals surface area contributed by atoms with E-state index in [1.807, 2.05) is 11.1 Å². The van der Waals surface area contributed by atoms with E-state index in [4.69, 9.17) is 4.74 Å². The van der Waals surface area contributed by atoms with Crippen LogP contribution < -0.4 is 0 Å². The van der Waals surface area contributed by atoms with E-state index in [0.29, 0.717) is 25.7 Å². The first-order valence-corrected chi connectivity index (χ1v) is 9.88. The average molecular weight is 346 g/mol. The largest absolute Gasteiger partial charge is 0.378 e. The Kier molecular flexibility index (Phi) is 5.36. The summed E-state index contributed by atoms with van der Waals surface area (Å²) in [5.74, 6) is 2.93. The zero-order valence-electron chi connectivity index (χ0n) is 15.1. The summed E-state index contributed by atoms with van der Waals surface area (Å²) >= 11 is 0. The van der Waals surface area contributed by atoms with Crippen molar-refractivity contribution in [1.82, 2.24) is 19.4 Å². The van der Waals surface area contributed by atoms with Crippen molar-refractivity contribution in [3.63, 3.8) is 0 Å². The third kappa shape index (κ3) is 4.06. The number of aromatic nitrogens is 2. The van der Waals surface area contributed by atoms with Gasteiger partial charge in [-0.05, 0) is 44.7 Å². The summed E-state index contributed by atoms with van der Waals surface area (Å²) in [4.78, 5) is 21.3. The normalized spacial score (nSPS) is 23.6. The second-order valence-corrected chi connectivity index (χ2v) is 7.78. The van der Waals surface area contributed by atoms with E-state index in [-0.39, 0.29) is 5.91 Å². The first-order chi connectivity index (χ1) is 12.3. The minimum atomic E-state index is 0.258. The summed E-state index contributed by atoms with van der Waals surface area (Å²) in [5.41, 5.74) is 0. The Morgan fingerprint density at radius 3 is 2.56 bits per heavy atom. The highest BCUT2D eigenvalue weighted by Crippen LogP contribution is 2.31. The van der Waals surface area contributed by atoms with Gasteiger partial charge in [-0.25, -0.2) is 4.98 Å². The third-order valence-corrected chi connectivity index (χ3v) is 6.10. The Morgan fingerprint density at radius 1 is 1.12 bits per heavy atom. The first kappa shape index (κ1) is 17.0. The van der Waals surface area contributed by atoms with Crippen molar-refractivity contribution < 1.29 is 9.53 Å². The molecule has 1 aromatic heterocycles. The van der Waals surface area contributed by atoms with Crippen molar-refractivity contribution in [1.29, 1.82) is 0 Å². The van der Waals surface area contributed by atoms with Gasteiger partial charge in [-0.2, -0.15) is 0 Å². The van der Waals surface area contributed by atoms with Crippen molar-refractivity contribution in [2.75, 3.05) is 45.9 Å². The number of ether oxygens (including phenoxy) is 1. The van der Waals surface area contributed by atoms with Crippen LogP contribution in [0.5, 0.6) is 0 Å². The molecule has 0 aromatic carbocycles. The molecule has 1 aromatic rings. The van der Waals surface area contributed by atoms with Gasteiger partial charge in [0.15, 0.2) is 0 Å². The number of piperidine rings is 1. The van der Waals surface area contributed by atoms with Gasteiger partial charge in [-0.15, -0.1) is 0 Å². The molecule has 0 unspecified atom stereocenters. The van der Waals surface area contributed by atoms with Crippen LogP contribution in [0.4, 0.5) is 0 Å². The van der Waals surface area contributed by atoms with Crippen molar-refractivity contribution in [2.24, 2.45) is 5.92 Å². The van der Waals surface area contributed by atoms with Crippen LogP contribution in [0.15, 0.2) is 12.4 Å². The smallest absolute Gasteiger partial charge is 0.236 e. The molecule has 2 saturated heterocycles. The molecule has 3 heterocycles. The van der Waals surface area contributed by atoms with E-state index in [1.54, 1.807) is 0 Å². The predicted octanol–water partition coefficient (Wildman–Crippen LogP) is 1.72. The lowest BCUT2D eigenvalue weighted by Gasteiger charge is -2.34. The standard InChI is InChI=1S/C19H30N4O2/c24-18(22-10-12-25-13-11-22)15-21-7-4-17(5-8-21)19-20-6-9-23(19)14-16-2-1-3-16/h6,9,16-17H,1-5,7-8,10-15H2. The number of rotatable bonds is 5. The molecule has 138 valence electrons. The van der Waals surface area contributed by atoms with Crippen molar-refractivity contribution in [2.45, 2.75) is 44.6 Å². The van der Waals surface area contributed by atoms with Gasteiger partial charge in [0.2, 0.25) is 5.91 Å². The Hall–Kier alpha value is -1.40. The van der Waals surface area contributed by atoms with Crippen LogP contribution >= 0.6 is 0 Å². The zero-order chi connectivity index (χ0) is 17.1. The highest BCUT2D eigenvalue weighted by atomic mass is 16.5. The summed E-state index contributed by atoms with van der Waals surface area (Å²) in [5, 5.41) is 0. The van der Waals surface area contributed by atoms with Crippen LogP contribution in [0.2, 0.25) is 0 Å². The molecular formula is C19H30N4O2. The number of imidazole rings is 1. The quantitative estimate of drug-likeness (QED) is 0.815. The maximum absolute atomic E-state index is 12.4. The molecule has 0 N–H and O–H groups in total. The van der Waals surface area contributed by atoms with Crippen molar-refractivity contribution >= 4 is 5.91 Å². The van der Waals surface area contributed by atoms with Crippen LogP contribution in [0.1, 0.15) is 43.8 Å². The highest BCUT2D eigenvalue weighted by Gasteiger charge is 2.27. The molecule has 0 spiro atoms. The summed E-state index contributed by atoms with van der Waals surface area (Å²) < 4.78 is 7.72. The SMILES string of the molecule is O=C(CN1CCC(c2nccn2CC2CCC2)CC1)N1CCOCC1. The van der Waals surface area contributed by atoms with Crippen LogP contribution in [-0.2, 0) is 16.1 Å². The van der Waals surface area contributed by atoms with E-state index in [0.717, 1.165) is 51.5 Å². The van der Waals surface area contributed by atoms with Gasteiger partial charge in [-0.1, -0.05) is 6.42 Å². The Morgan fingerprint density at radius 2 is 1.88 bits per heavy atom. The topological polar surface area (TPSA) is 50.6 Å². The molecule has 3 aliphatic rings. The maximum atomic E-state index is 12.4. The van der Waals surface area contributed by atoms with Gasteiger partial charge in [0, 0.05) is 37.9 Å². The molecule has 0 atom stereocenters. The number of morpholine rings is 1. The number of carbonyl (C=O) groups is 1. The number of likely N-dealkylation sites (tertiary alicyclic amines) is 1. The third-order valence-electron chi connectivity index (χ3n) is 6.10. The van der Waals surface area contributed by atoms with Crippen LogP contribution in [-0.4, -0.2) is 71.2 Å². The lowest BCUT2D eigenvalue weighted by molar-refractivity contribution is -0.136. The summed E-state index contributed by atoms with van der Waals surface area (Å²) in [7, 11) is 0. The molecule has 1 aliphatic carbocycles. The van der Waals surface area contributed by atoms with Gasteiger partial charge < -0.3 is 14.2 Å². The number of carbonyl (C=O) groups excluding carboxylic acids is 1. The fourth-order valence-electron chi connectivity index (χ4n) is 4.24. The van der Waals surface area contributed by atoms with Crippen LogP contribution in [0.25, 0.3) is 0 Å². The van der Waals surface area contributed by atoms with Gasteiger partial charge in [0.25, 0.3) is 0 Å². The molecule has 3 fully saturated rings. The first-order valence-electron chi connectivity index (χ1n) is 9.88. The molecule has 4 rings (SSSR count). The fraction of sp³-hybridized carbons (Fsp3) is 0.789. The van der Waals surface area contributed by atoms with Gasteiger partial charge in [0.05, 0.1) is 19.8 Å². The Labute approximate surface area is 150 Å². The van der Waals surface area contributed by atoms with E-state index in [9.17, 15) is 4.79 Å². The second kappa shape index (κ2) is 7.87. The fourth-order valence-corrected chi connectivity index (χ4v) is 4.24. The molecule has 0 radical (unpaired) electrons. The van der Waals surface area contributed by atoms with E-state index >= 15 is 0 Å². The van der Waals surface area contributed by atoms with E-state index in [1.165, 1.54) is 25.1 Å². The molecule has 25 heavy (non-hydrogen) atoms. The van der Waals surface area contributed by atoms with Gasteiger partial charge in [-0.3, -0.25) is 9.69 Å². The lowest BCUT2D eigenvalue weighted by Crippen LogP contribution is -2.47. The zero-order valence-corrected chi connectivity index (χ0v) is 15.1. The summed E-state index contributed by atoms with van der Waals surface area (Å²) in [6.07, 6.45) is 10.5. The molecule has 1 amide bonds.